The van der Waals surface area contributed by atoms with Gasteiger partial charge in [-0.3, -0.25) is 4.79 Å². The number of likely N-dealkylation sites (tertiary alicyclic amines) is 1. The Morgan fingerprint density at radius 1 is 0.771 bits per heavy atom. The van der Waals surface area contributed by atoms with Crippen molar-refractivity contribution >= 4 is 36.8 Å². The van der Waals surface area contributed by atoms with E-state index in [0.717, 1.165) is 77.5 Å². The topological polar surface area (TPSA) is 56.3 Å². The Morgan fingerprint density at radius 3 is 1.91 bits per heavy atom. The van der Waals surface area contributed by atoms with Gasteiger partial charge in [-0.1, -0.05) is 30.3 Å². The highest BCUT2D eigenvalue weighted by Gasteiger charge is 2.31. The van der Waals surface area contributed by atoms with Gasteiger partial charge in [-0.05, 0) is 55.9 Å². The molecule has 0 bridgehead atoms. The smallest absolute Gasteiger partial charge is 0.320 e. The van der Waals surface area contributed by atoms with Crippen LogP contribution in [0.15, 0.2) is 30.3 Å². The summed E-state index contributed by atoms with van der Waals surface area (Å²) in [5.74, 6) is 1.17. The molecule has 0 unspecified atom stereocenters. The number of carbonyl (C=O) groups excluding carboxylic acids is 2. The number of hydrazine groups is 1. The van der Waals surface area contributed by atoms with Crippen LogP contribution in [0, 0.1) is 11.8 Å². The highest BCUT2D eigenvalue weighted by molar-refractivity contribution is 5.85. The standard InChI is InChI=1S/C26H40N4O3.2ClH/c1-33-25(31)8-7-22-9-13-27(14-10-22)26(32)28-17-19-30(20-18-28)29-15-11-24(12-16-29)21-23-5-3-2-4-6-23;;/h2-6,22,24H,7-21H2,1H3;2*1H. The maximum absolute atomic E-state index is 13.0. The van der Waals surface area contributed by atoms with E-state index in [1.54, 1.807) is 0 Å². The molecule has 0 atom stereocenters. The van der Waals surface area contributed by atoms with E-state index in [-0.39, 0.29) is 36.8 Å². The summed E-state index contributed by atoms with van der Waals surface area (Å²) < 4.78 is 4.74. The number of piperidine rings is 2. The summed E-state index contributed by atoms with van der Waals surface area (Å²) in [7, 11) is 1.44. The molecular formula is C26H42Cl2N4O3. The van der Waals surface area contributed by atoms with Crippen LogP contribution in [0.2, 0.25) is 0 Å². The van der Waals surface area contributed by atoms with Crippen LogP contribution in [-0.2, 0) is 16.0 Å². The van der Waals surface area contributed by atoms with Crippen LogP contribution in [0.5, 0.6) is 0 Å². The van der Waals surface area contributed by atoms with Crippen LogP contribution in [-0.4, -0.2) is 91.3 Å². The van der Waals surface area contributed by atoms with Crippen molar-refractivity contribution in [3.8, 4) is 0 Å². The first-order chi connectivity index (χ1) is 16.1. The van der Waals surface area contributed by atoms with E-state index in [1.807, 2.05) is 9.80 Å². The molecule has 0 spiro atoms. The zero-order chi connectivity index (χ0) is 23.0. The number of esters is 1. The normalized spacial score (nSPS) is 20.6. The second kappa shape index (κ2) is 14.9. The summed E-state index contributed by atoms with van der Waals surface area (Å²) in [6, 6.07) is 11.0. The Balaban J connectivity index is 0.00000216. The predicted molar refractivity (Wildman–Crippen MR) is 143 cm³/mol. The summed E-state index contributed by atoms with van der Waals surface area (Å²) in [6.45, 7) is 7.36. The average Bonchev–Trinajstić information content (AvgIpc) is 2.88. The van der Waals surface area contributed by atoms with Crippen molar-refractivity contribution in [2.45, 2.75) is 44.9 Å². The zero-order valence-corrected chi connectivity index (χ0v) is 22.6. The molecule has 1 aromatic rings. The number of methoxy groups -OCH3 is 1. The van der Waals surface area contributed by atoms with E-state index in [4.69, 9.17) is 4.74 Å². The van der Waals surface area contributed by atoms with Gasteiger partial charge in [-0.25, -0.2) is 14.8 Å². The van der Waals surface area contributed by atoms with Gasteiger partial charge in [0, 0.05) is 58.8 Å². The van der Waals surface area contributed by atoms with Gasteiger partial charge in [-0.2, -0.15) is 0 Å². The second-order valence-corrected chi connectivity index (χ2v) is 9.86. The number of benzene rings is 1. The molecule has 35 heavy (non-hydrogen) atoms. The number of urea groups is 1. The lowest BCUT2D eigenvalue weighted by molar-refractivity contribution is -0.141. The number of nitrogens with zero attached hydrogens (tertiary/aromatic N) is 4. The molecule has 3 fully saturated rings. The summed E-state index contributed by atoms with van der Waals surface area (Å²) in [6.07, 6.45) is 7.02. The van der Waals surface area contributed by atoms with Crippen molar-refractivity contribution in [2.75, 3.05) is 59.5 Å². The molecule has 0 aliphatic carbocycles. The molecule has 1 aromatic carbocycles. The van der Waals surface area contributed by atoms with Crippen LogP contribution in [0.1, 0.15) is 44.1 Å². The summed E-state index contributed by atoms with van der Waals surface area (Å²) in [4.78, 5) is 28.4. The molecule has 4 rings (SSSR count). The molecule has 0 radical (unpaired) electrons. The Hall–Kier alpha value is -1.54. The zero-order valence-electron chi connectivity index (χ0n) is 21.0. The third-order valence-corrected chi connectivity index (χ3v) is 7.75. The molecule has 198 valence electrons. The Kier molecular flexibility index (Phi) is 12.6. The van der Waals surface area contributed by atoms with Gasteiger partial charge in [0.05, 0.1) is 7.11 Å². The fraction of sp³-hybridized carbons (Fsp3) is 0.692. The number of amides is 2. The lowest BCUT2D eigenvalue weighted by atomic mass is 9.91. The van der Waals surface area contributed by atoms with Crippen molar-refractivity contribution in [2.24, 2.45) is 11.8 Å². The number of halogens is 2. The molecular weight excluding hydrogens is 487 g/mol. The number of hydrogen-bond acceptors (Lipinski definition) is 5. The van der Waals surface area contributed by atoms with Gasteiger partial charge in [0.2, 0.25) is 0 Å². The van der Waals surface area contributed by atoms with Crippen molar-refractivity contribution in [1.82, 2.24) is 19.8 Å². The molecule has 3 aliphatic rings. The van der Waals surface area contributed by atoms with Crippen molar-refractivity contribution in [3.63, 3.8) is 0 Å². The Labute approximate surface area is 222 Å². The number of hydrogen-bond donors (Lipinski definition) is 0. The van der Waals surface area contributed by atoms with E-state index < -0.39 is 0 Å². The minimum atomic E-state index is -0.133. The summed E-state index contributed by atoms with van der Waals surface area (Å²) in [5, 5.41) is 5.00. The molecule has 0 aromatic heterocycles. The highest BCUT2D eigenvalue weighted by Crippen LogP contribution is 2.25. The number of carbonyl (C=O) groups is 2. The van der Waals surface area contributed by atoms with Crippen molar-refractivity contribution in [1.29, 1.82) is 0 Å². The van der Waals surface area contributed by atoms with Gasteiger partial charge in [0.1, 0.15) is 0 Å². The maximum atomic E-state index is 13.0. The lowest BCUT2D eigenvalue weighted by Gasteiger charge is -2.45. The molecule has 7 nitrogen and oxygen atoms in total. The molecule has 3 aliphatic heterocycles. The third-order valence-electron chi connectivity index (χ3n) is 7.75. The van der Waals surface area contributed by atoms with Gasteiger partial charge >= 0.3 is 12.0 Å². The minimum absolute atomic E-state index is 0. The molecule has 0 N–H and O–H groups in total. The number of piperazine rings is 1. The first-order valence-electron chi connectivity index (χ1n) is 12.8. The third kappa shape index (κ3) is 8.52. The van der Waals surface area contributed by atoms with Gasteiger partial charge in [0.25, 0.3) is 0 Å². The molecule has 9 heteroatoms. The Bertz CT molecular complexity index is 761. The van der Waals surface area contributed by atoms with E-state index in [2.05, 4.69) is 40.3 Å². The second-order valence-electron chi connectivity index (χ2n) is 9.86. The fourth-order valence-electron chi connectivity index (χ4n) is 5.56. The van der Waals surface area contributed by atoms with Gasteiger partial charge in [-0.15, -0.1) is 24.8 Å². The maximum Gasteiger partial charge on any atom is 0.320 e. The van der Waals surface area contributed by atoms with Crippen LogP contribution in [0.4, 0.5) is 4.79 Å². The number of ether oxygens (including phenoxy) is 1. The minimum Gasteiger partial charge on any atom is -0.469 e. The predicted octanol–water partition coefficient (Wildman–Crippen LogP) is 4.10. The first-order valence-corrected chi connectivity index (χ1v) is 12.8. The van der Waals surface area contributed by atoms with Gasteiger partial charge in [0.15, 0.2) is 0 Å². The number of rotatable bonds is 6. The molecule has 0 saturated carbocycles. The van der Waals surface area contributed by atoms with E-state index in [1.165, 1.54) is 31.9 Å². The van der Waals surface area contributed by atoms with Crippen molar-refractivity contribution in [3.05, 3.63) is 35.9 Å². The largest absolute Gasteiger partial charge is 0.469 e. The monoisotopic (exact) mass is 528 g/mol. The van der Waals surface area contributed by atoms with E-state index in [9.17, 15) is 9.59 Å². The first kappa shape index (κ1) is 29.7. The van der Waals surface area contributed by atoms with Crippen molar-refractivity contribution < 1.29 is 14.3 Å². The van der Waals surface area contributed by atoms with Crippen LogP contribution in [0.3, 0.4) is 0 Å². The molecule has 3 heterocycles. The van der Waals surface area contributed by atoms with Crippen LogP contribution < -0.4 is 0 Å². The lowest BCUT2D eigenvalue weighted by Crippen LogP contribution is -2.58. The Morgan fingerprint density at radius 2 is 1.31 bits per heavy atom. The molecule has 2 amide bonds. The fourth-order valence-corrected chi connectivity index (χ4v) is 5.56. The quantitative estimate of drug-likeness (QED) is 0.520. The highest BCUT2D eigenvalue weighted by atomic mass is 35.5. The summed E-state index contributed by atoms with van der Waals surface area (Å²) >= 11 is 0. The SMILES string of the molecule is COC(=O)CCC1CCN(C(=O)N2CCN(N3CCC(Cc4ccccc4)CC3)CC2)CC1.Cl.Cl. The molecule has 3 saturated heterocycles. The van der Waals surface area contributed by atoms with Crippen LogP contribution in [0.25, 0.3) is 0 Å². The van der Waals surface area contributed by atoms with E-state index >= 15 is 0 Å². The van der Waals surface area contributed by atoms with Crippen LogP contribution >= 0.6 is 24.8 Å². The van der Waals surface area contributed by atoms with Gasteiger partial charge < -0.3 is 14.5 Å². The van der Waals surface area contributed by atoms with E-state index in [0.29, 0.717) is 12.3 Å². The summed E-state index contributed by atoms with van der Waals surface area (Å²) in [5.41, 5.74) is 1.45. The average molecular weight is 530 g/mol.